The van der Waals surface area contributed by atoms with Gasteiger partial charge in [0.2, 0.25) is 0 Å². The Morgan fingerprint density at radius 2 is 2.00 bits per heavy atom. The smallest absolute Gasteiger partial charge is 0.269 e. The number of ether oxygens (including phenoxy) is 1. The zero-order chi connectivity index (χ0) is 10.8. The van der Waals surface area contributed by atoms with Crippen molar-refractivity contribution in [2.75, 3.05) is 13.2 Å². The molecule has 0 unspecified atom stereocenters. The minimum absolute atomic E-state index is 0.155. The Kier molecular flexibility index (Phi) is 3.34. The van der Waals surface area contributed by atoms with Gasteiger partial charge in [-0.05, 0) is 18.9 Å². The van der Waals surface area contributed by atoms with Crippen LogP contribution in [0.3, 0.4) is 0 Å². The lowest BCUT2D eigenvalue weighted by Gasteiger charge is -2.24. The molecule has 3 nitrogen and oxygen atoms in total. The van der Waals surface area contributed by atoms with Crippen molar-refractivity contribution in [2.45, 2.75) is 18.9 Å². The van der Waals surface area contributed by atoms with E-state index in [0.717, 1.165) is 12.8 Å². The highest BCUT2D eigenvalue weighted by Crippen LogP contribution is 2.21. The molecule has 1 aliphatic rings. The van der Waals surface area contributed by atoms with E-state index in [4.69, 9.17) is 27.9 Å². The summed E-state index contributed by atoms with van der Waals surface area (Å²) < 4.78 is 6.86. The summed E-state index contributed by atoms with van der Waals surface area (Å²) >= 11 is 11.7. The first kappa shape index (κ1) is 11.0. The Morgan fingerprint density at radius 3 is 2.67 bits per heavy atom. The molecule has 0 spiro atoms. The minimum Gasteiger partial charge on any atom is -0.381 e. The fourth-order valence-corrected chi connectivity index (χ4v) is 2.25. The molecule has 0 saturated carbocycles. The summed E-state index contributed by atoms with van der Waals surface area (Å²) in [6.45, 7) is 1.36. The molecule has 1 aliphatic heterocycles. The van der Waals surface area contributed by atoms with E-state index in [9.17, 15) is 4.79 Å². The highest BCUT2D eigenvalue weighted by molar-refractivity contribution is 6.34. The largest absolute Gasteiger partial charge is 0.381 e. The van der Waals surface area contributed by atoms with E-state index in [-0.39, 0.29) is 16.6 Å². The third-order valence-electron chi connectivity index (χ3n) is 2.55. The molecule has 1 aromatic heterocycles. The van der Waals surface area contributed by atoms with E-state index in [1.165, 1.54) is 6.07 Å². The normalized spacial score (nSPS) is 18.0. The Morgan fingerprint density at radius 1 is 1.33 bits per heavy atom. The topological polar surface area (TPSA) is 31.2 Å². The number of nitrogens with zero attached hydrogens (tertiary/aromatic N) is 1. The van der Waals surface area contributed by atoms with E-state index < -0.39 is 0 Å². The third-order valence-corrected chi connectivity index (χ3v) is 3.03. The maximum atomic E-state index is 11.8. The van der Waals surface area contributed by atoms with E-state index >= 15 is 0 Å². The van der Waals surface area contributed by atoms with Crippen LogP contribution in [0.2, 0.25) is 10.0 Å². The summed E-state index contributed by atoms with van der Waals surface area (Å²) in [5, 5.41) is 0.667. The Labute approximate surface area is 97.6 Å². The molecule has 0 aliphatic carbocycles. The van der Waals surface area contributed by atoms with E-state index in [1.54, 1.807) is 10.8 Å². The fourth-order valence-electron chi connectivity index (χ4n) is 1.77. The Bertz CT molecular complexity index is 410. The molecule has 1 aromatic rings. The van der Waals surface area contributed by atoms with Gasteiger partial charge in [-0.1, -0.05) is 23.2 Å². The summed E-state index contributed by atoms with van der Waals surface area (Å²) in [5.74, 6) is 0. The minimum atomic E-state index is -0.173. The summed E-state index contributed by atoms with van der Waals surface area (Å²) in [6.07, 6.45) is 3.30. The van der Waals surface area contributed by atoms with Gasteiger partial charge in [-0.2, -0.15) is 0 Å². The number of pyridine rings is 1. The van der Waals surface area contributed by atoms with Crippen LogP contribution in [0.5, 0.6) is 0 Å². The second-order valence-corrected chi connectivity index (χ2v) is 4.41. The average Bonchev–Trinajstić information content (AvgIpc) is 2.24. The van der Waals surface area contributed by atoms with Crippen LogP contribution in [0, 0.1) is 0 Å². The first-order valence-electron chi connectivity index (χ1n) is 4.83. The van der Waals surface area contributed by atoms with Crippen LogP contribution in [0.15, 0.2) is 17.1 Å². The molecule has 0 radical (unpaired) electrons. The van der Waals surface area contributed by atoms with Crippen LogP contribution in [-0.2, 0) is 4.74 Å². The van der Waals surface area contributed by atoms with Gasteiger partial charge < -0.3 is 9.30 Å². The van der Waals surface area contributed by atoms with Crippen molar-refractivity contribution in [1.29, 1.82) is 0 Å². The summed E-state index contributed by atoms with van der Waals surface area (Å²) in [5.41, 5.74) is -0.173. The number of hydrogen-bond donors (Lipinski definition) is 0. The van der Waals surface area contributed by atoms with Crippen LogP contribution >= 0.6 is 23.2 Å². The van der Waals surface area contributed by atoms with Crippen LogP contribution in [-0.4, -0.2) is 17.8 Å². The molecule has 0 bridgehead atoms. The molecule has 0 amide bonds. The average molecular weight is 248 g/mol. The van der Waals surface area contributed by atoms with E-state index in [0.29, 0.717) is 18.2 Å². The number of halogens is 2. The van der Waals surface area contributed by atoms with Gasteiger partial charge in [0.05, 0.1) is 5.02 Å². The van der Waals surface area contributed by atoms with Crippen molar-refractivity contribution in [3.05, 3.63) is 32.7 Å². The SMILES string of the molecule is O=c1c(Cl)cc(Cl)cn1C1CCOCC1. The van der Waals surface area contributed by atoms with Crippen molar-refractivity contribution in [3.63, 3.8) is 0 Å². The van der Waals surface area contributed by atoms with Crippen molar-refractivity contribution >= 4 is 23.2 Å². The Hall–Kier alpha value is -0.510. The van der Waals surface area contributed by atoms with E-state index in [1.807, 2.05) is 0 Å². The number of rotatable bonds is 1. The molecular weight excluding hydrogens is 237 g/mol. The van der Waals surface area contributed by atoms with Gasteiger partial charge in [-0.3, -0.25) is 4.79 Å². The molecule has 0 atom stereocenters. The highest BCUT2D eigenvalue weighted by Gasteiger charge is 2.17. The lowest BCUT2D eigenvalue weighted by Crippen LogP contribution is -2.28. The van der Waals surface area contributed by atoms with Gasteiger partial charge in [0, 0.05) is 25.5 Å². The number of aromatic nitrogens is 1. The van der Waals surface area contributed by atoms with Gasteiger partial charge in [-0.25, -0.2) is 0 Å². The maximum absolute atomic E-state index is 11.8. The summed E-state index contributed by atoms with van der Waals surface area (Å²) in [6, 6.07) is 1.63. The van der Waals surface area contributed by atoms with E-state index in [2.05, 4.69) is 0 Å². The van der Waals surface area contributed by atoms with Crippen molar-refractivity contribution in [3.8, 4) is 0 Å². The third kappa shape index (κ3) is 2.36. The zero-order valence-electron chi connectivity index (χ0n) is 8.08. The van der Waals surface area contributed by atoms with Crippen LogP contribution in [0.4, 0.5) is 0 Å². The van der Waals surface area contributed by atoms with Crippen LogP contribution < -0.4 is 5.56 Å². The molecule has 0 N–H and O–H groups in total. The zero-order valence-corrected chi connectivity index (χ0v) is 9.59. The quantitative estimate of drug-likeness (QED) is 0.764. The van der Waals surface area contributed by atoms with Gasteiger partial charge in [0.15, 0.2) is 0 Å². The summed E-state index contributed by atoms with van der Waals surface area (Å²) in [4.78, 5) is 11.8. The lowest BCUT2D eigenvalue weighted by molar-refractivity contribution is 0.0687. The van der Waals surface area contributed by atoms with Crippen molar-refractivity contribution in [1.82, 2.24) is 4.57 Å². The molecule has 0 aromatic carbocycles. The Balaban J connectivity index is 2.38. The first-order valence-corrected chi connectivity index (χ1v) is 5.59. The highest BCUT2D eigenvalue weighted by atomic mass is 35.5. The number of hydrogen-bond acceptors (Lipinski definition) is 2. The molecule has 2 heterocycles. The molecule has 82 valence electrons. The van der Waals surface area contributed by atoms with Gasteiger partial charge in [0.1, 0.15) is 5.02 Å². The first-order chi connectivity index (χ1) is 7.18. The lowest BCUT2D eigenvalue weighted by atomic mass is 10.1. The molecule has 15 heavy (non-hydrogen) atoms. The molecule has 1 saturated heterocycles. The van der Waals surface area contributed by atoms with Gasteiger partial charge in [-0.15, -0.1) is 0 Å². The molecule has 2 rings (SSSR count). The van der Waals surface area contributed by atoms with Crippen LogP contribution in [0.25, 0.3) is 0 Å². The van der Waals surface area contributed by atoms with Crippen LogP contribution in [0.1, 0.15) is 18.9 Å². The fraction of sp³-hybridized carbons (Fsp3) is 0.500. The standard InChI is InChI=1S/C10H11Cl2NO2/c11-7-5-9(12)10(14)13(6-7)8-1-3-15-4-2-8/h5-6,8H,1-4H2. The molecular formula is C10H11Cl2NO2. The second kappa shape index (κ2) is 4.56. The van der Waals surface area contributed by atoms with Crippen molar-refractivity contribution < 1.29 is 4.74 Å². The predicted octanol–water partition coefficient (Wildman–Crippen LogP) is 2.51. The monoisotopic (exact) mass is 247 g/mol. The predicted molar refractivity (Wildman–Crippen MR) is 59.8 cm³/mol. The molecule has 5 heteroatoms. The van der Waals surface area contributed by atoms with Gasteiger partial charge in [0.25, 0.3) is 5.56 Å². The van der Waals surface area contributed by atoms with Gasteiger partial charge >= 0.3 is 0 Å². The second-order valence-electron chi connectivity index (χ2n) is 3.56. The molecule has 1 fully saturated rings. The maximum Gasteiger partial charge on any atom is 0.269 e. The van der Waals surface area contributed by atoms with Crippen molar-refractivity contribution in [2.24, 2.45) is 0 Å². The summed E-state index contributed by atoms with van der Waals surface area (Å²) in [7, 11) is 0.